The molecule has 0 aliphatic heterocycles. The van der Waals surface area contributed by atoms with Gasteiger partial charge in [0.1, 0.15) is 0 Å². The fraction of sp³-hybridized carbons (Fsp3) is 0.529. The molecule has 0 aliphatic carbocycles. The quantitative estimate of drug-likeness (QED) is 0.582. The molecule has 0 spiro atoms. The number of likely N-dealkylation sites (N-methyl/N-ethyl adjacent to an activating group) is 2. The first-order chi connectivity index (χ1) is 11.0. The molecule has 1 N–H and O–H groups in total. The molecule has 1 amide bonds. The zero-order chi connectivity index (χ0) is 17.2. The standard InChI is InChI=1S/C17H27BrN4O/c1-5-19-17(20-12-14-8-10-15(18)11-9-14)21(4)13-16(23)22(6-2)7-3/h8-11H,5-7,12-13H2,1-4H3,(H,19,20). The summed E-state index contributed by atoms with van der Waals surface area (Å²) in [7, 11) is 1.89. The molecule has 0 aromatic heterocycles. The zero-order valence-electron chi connectivity index (χ0n) is 14.5. The van der Waals surface area contributed by atoms with Gasteiger partial charge < -0.3 is 15.1 Å². The third-order valence-corrected chi connectivity index (χ3v) is 4.04. The van der Waals surface area contributed by atoms with Crippen LogP contribution >= 0.6 is 15.9 Å². The van der Waals surface area contributed by atoms with Crippen LogP contribution in [-0.2, 0) is 11.3 Å². The number of rotatable bonds is 7. The lowest BCUT2D eigenvalue weighted by molar-refractivity contribution is -0.131. The minimum absolute atomic E-state index is 0.117. The number of aliphatic imine (C=N–C) groups is 1. The van der Waals surface area contributed by atoms with Crippen LogP contribution in [0.15, 0.2) is 33.7 Å². The van der Waals surface area contributed by atoms with Crippen molar-refractivity contribution in [2.45, 2.75) is 27.3 Å². The molecular weight excluding hydrogens is 356 g/mol. The molecule has 5 nitrogen and oxygen atoms in total. The van der Waals surface area contributed by atoms with Crippen molar-refractivity contribution in [3.8, 4) is 0 Å². The Labute approximate surface area is 147 Å². The number of hydrogen-bond acceptors (Lipinski definition) is 2. The molecular formula is C17H27BrN4O. The van der Waals surface area contributed by atoms with E-state index in [9.17, 15) is 4.79 Å². The fourth-order valence-corrected chi connectivity index (χ4v) is 2.44. The van der Waals surface area contributed by atoms with Crippen LogP contribution in [0.2, 0.25) is 0 Å². The van der Waals surface area contributed by atoms with Crippen LogP contribution in [0.3, 0.4) is 0 Å². The summed E-state index contributed by atoms with van der Waals surface area (Å²) in [5, 5.41) is 3.24. The van der Waals surface area contributed by atoms with E-state index in [1.54, 1.807) is 0 Å². The summed E-state index contributed by atoms with van der Waals surface area (Å²) in [5.41, 5.74) is 1.13. The summed E-state index contributed by atoms with van der Waals surface area (Å²) in [4.78, 5) is 20.6. The number of amides is 1. The van der Waals surface area contributed by atoms with Crippen LogP contribution < -0.4 is 5.32 Å². The highest BCUT2D eigenvalue weighted by Crippen LogP contribution is 2.11. The van der Waals surface area contributed by atoms with Crippen molar-refractivity contribution in [3.05, 3.63) is 34.3 Å². The summed E-state index contributed by atoms with van der Waals surface area (Å²) in [6, 6.07) is 8.09. The average molecular weight is 383 g/mol. The predicted molar refractivity (Wildman–Crippen MR) is 99.5 cm³/mol. The second-order valence-corrected chi connectivity index (χ2v) is 6.13. The van der Waals surface area contributed by atoms with E-state index in [1.807, 2.05) is 61.9 Å². The first-order valence-electron chi connectivity index (χ1n) is 8.03. The molecule has 0 atom stereocenters. The van der Waals surface area contributed by atoms with Gasteiger partial charge in [-0.05, 0) is 38.5 Å². The van der Waals surface area contributed by atoms with Gasteiger partial charge in [0, 0.05) is 31.2 Å². The first-order valence-corrected chi connectivity index (χ1v) is 8.82. The summed E-state index contributed by atoms with van der Waals surface area (Å²) in [6.07, 6.45) is 0. The molecule has 0 saturated carbocycles. The van der Waals surface area contributed by atoms with E-state index in [2.05, 4.69) is 26.2 Å². The number of nitrogens with zero attached hydrogens (tertiary/aromatic N) is 3. The lowest BCUT2D eigenvalue weighted by atomic mass is 10.2. The highest BCUT2D eigenvalue weighted by molar-refractivity contribution is 9.10. The van der Waals surface area contributed by atoms with Gasteiger partial charge in [0.25, 0.3) is 0 Å². The van der Waals surface area contributed by atoms with Crippen molar-refractivity contribution in [1.82, 2.24) is 15.1 Å². The Morgan fingerprint density at radius 2 is 1.78 bits per heavy atom. The number of carbonyl (C=O) groups excluding carboxylic acids is 1. The van der Waals surface area contributed by atoms with Gasteiger partial charge in [-0.3, -0.25) is 4.79 Å². The molecule has 0 unspecified atom stereocenters. The Kier molecular flexibility index (Phi) is 8.69. The Morgan fingerprint density at radius 1 is 1.17 bits per heavy atom. The number of guanidine groups is 1. The van der Waals surface area contributed by atoms with Gasteiger partial charge in [-0.2, -0.15) is 0 Å². The largest absolute Gasteiger partial charge is 0.357 e. The number of carbonyl (C=O) groups is 1. The van der Waals surface area contributed by atoms with Crippen molar-refractivity contribution in [2.75, 3.05) is 33.2 Å². The molecule has 1 aromatic carbocycles. The number of hydrogen-bond donors (Lipinski definition) is 1. The van der Waals surface area contributed by atoms with Gasteiger partial charge in [0.2, 0.25) is 5.91 Å². The Hall–Kier alpha value is -1.56. The van der Waals surface area contributed by atoms with E-state index in [0.717, 1.165) is 35.6 Å². The number of benzene rings is 1. The zero-order valence-corrected chi connectivity index (χ0v) is 16.1. The minimum Gasteiger partial charge on any atom is -0.357 e. The van der Waals surface area contributed by atoms with E-state index in [1.165, 1.54) is 0 Å². The molecule has 0 radical (unpaired) electrons. The average Bonchev–Trinajstić information content (AvgIpc) is 2.54. The molecule has 6 heteroatoms. The van der Waals surface area contributed by atoms with Crippen LogP contribution in [0.5, 0.6) is 0 Å². The van der Waals surface area contributed by atoms with Crippen molar-refractivity contribution in [3.63, 3.8) is 0 Å². The molecule has 0 heterocycles. The molecule has 0 saturated heterocycles. The molecule has 0 aliphatic rings. The van der Waals surface area contributed by atoms with Crippen molar-refractivity contribution < 1.29 is 4.79 Å². The van der Waals surface area contributed by atoms with Gasteiger partial charge in [-0.1, -0.05) is 28.1 Å². The van der Waals surface area contributed by atoms with Crippen molar-refractivity contribution in [1.29, 1.82) is 0 Å². The molecule has 128 valence electrons. The van der Waals surface area contributed by atoms with Crippen LogP contribution in [-0.4, -0.2) is 54.9 Å². The summed E-state index contributed by atoms with van der Waals surface area (Å²) >= 11 is 3.43. The second-order valence-electron chi connectivity index (χ2n) is 5.22. The van der Waals surface area contributed by atoms with E-state index in [4.69, 9.17) is 0 Å². The molecule has 23 heavy (non-hydrogen) atoms. The second kappa shape index (κ2) is 10.3. The number of halogens is 1. The third-order valence-electron chi connectivity index (χ3n) is 3.51. The minimum atomic E-state index is 0.117. The van der Waals surface area contributed by atoms with Gasteiger partial charge >= 0.3 is 0 Å². The maximum atomic E-state index is 12.2. The predicted octanol–water partition coefficient (Wildman–Crippen LogP) is 2.71. The molecule has 1 aromatic rings. The lowest BCUT2D eigenvalue weighted by Gasteiger charge is -2.25. The Balaban J connectivity index is 2.73. The normalized spacial score (nSPS) is 11.3. The van der Waals surface area contributed by atoms with E-state index in [-0.39, 0.29) is 5.91 Å². The van der Waals surface area contributed by atoms with Crippen LogP contribution in [0, 0.1) is 0 Å². The van der Waals surface area contributed by atoms with E-state index < -0.39 is 0 Å². The highest BCUT2D eigenvalue weighted by atomic mass is 79.9. The number of nitrogens with one attached hydrogen (secondary N) is 1. The van der Waals surface area contributed by atoms with Crippen molar-refractivity contribution >= 4 is 27.8 Å². The van der Waals surface area contributed by atoms with Gasteiger partial charge in [-0.15, -0.1) is 0 Å². The van der Waals surface area contributed by atoms with Gasteiger partial charge in [-0.25, -0.2) is 4.99 Å². The maximum absolute atomic E-state index is 12.2. The summed E-state index contributed by atoms with van der Waals surface area (Å²) < 4.78 is 1.05. The van der Waals surface area contributed by atoms with E-state index >= 15 is 0 Å². The third kappa shape index (κ3) is 6.60. The Morgan fingerprint density at radius 3 is 2.30 bits per heavy atom. The molecule has 0 fully saturated rings. The van der Waals surface area contributed by atoms with Crippen molar-refractivity contribution in [2.24, 2.45) is 4.99 Å². The summed E-state index contributed by atoms with van der Waals surface area (Å²) in [5.74, 6) is 0.864. The van der Waals surface area contributed by atoms with Crippen LogP contribution in [0.4, 0.5) is 0 Å². The van der Waals surface area contributed by atoms with Gasteiger partial charge in [0.15, 0.2) is 5.96 Å². The van der Waals surface area contributed by atoms with Crippen LogP contribution in [0.25, 0.3) is 0 Å². The molecule has 1 rings (SSSR count). The summed E-state index contributed by atoms with van der Waals surface area (Å²) in [6.45, 7) is 9.15. The van der Waals surface area contributed by atoms with E-state index in [0.29, 0.717) is 13.1 Å². The first kappa shape index (κ1) is 19.5. The smallest absolute Gasteiger partial charge is 0.242 e. The topological polar surface area (TPSA) is 47.9 Å². The highest BCUT2D eigenvalue weighted by Gasteiger charge is 2.14. The monoisotopic (exact) mass is 382 g/mol. The maximum Gasteiger partial charge on any atom is 0.242 e. The Bertz CT molecular complexity index is 512. The van der Waals surface area contributed by atoms with Crippen LogP contribution in [0.1, 0.15) is 26.3 Å². The van der Waals surface area contributed by atoms with Gasteiger partial charge in [0.05, 0.1) is 13.1 Å². The lowest BCUT2D eigenvalue weighted by Crippen LogP contribution is -2.45. The molecule has 0 bridgehead atoms. The fourth-order valence-electron chi connectivity index (χ4n) is 2.18. The SMILES string of the molecule is CCNC(=NCc1ccc(Br)cc1)N(C)CC(=O)N(CC)CC.